The lowest BCUT2D eigenvalue weighted by atomic mass is 10.2. The Balaban J connectivity index is 1.58. The molecule has 2 rings (SSSR count). The Morgan fingerprint density at radius 2 is 2.05 bits per heavy atom. The number of rotatable bonds is 7. The number of halogens is 1. The van der Waals surface area contributed by atoms with Crippen LogP contribution in [0.15, 0.2) is 53.3 Å². The van der Waals surface area contributed by atoms with E-state index in [1.165, 1.54) is 11.1 Å². The van der Waals surface area contributed by atoms with Crippen molar-refractivity contribution < 1.29 is 4.74 Å². The van der Waals surface area contributed by atoms with Gasteiger partial charge in [0.05, 0.1) is 13.2 Å². The highest BCUT2D eigenvalue weighted by Crippen LogP contribution is 2.12. The fourth-order valence-corrected chi connectivity index (χ4v) is 2.14. The third kappa shape index (κ3) is 5.51. The minimum atomic E-state index is 0.647. The number of pyridine rings is 1. The first kappa shape index (κ1) is 14.2. The number of aromatic nitrogens is 1. The van der Waals surface area contributed by atoms with Gasteiger partial charge in [-0.15, -0.1) is 0 Å². The van der Waals surface area contributed by atoms with Crippen LogP contribution in [0.2, 0.25) is 0 Å². The molecule has 0 unspecified atom stereocenters. The van der Waals surface area contributed by atoms with Crippen molar-refractivity contribution in [1.29, 1.82) is 0 Å². The maximum atomic E-state index is 5.61. The Labute approximate surface area is 122 Å². The number of ether oxygens (including phenoxy) is 1. The third-order valence-electron chi connectivity index (χ3n) is 2.63. The van der Waals surface area contributed by atoms with E-state index in [4.69, 9.17) is 4.74 Å². The summed E-state index contributed by atoms with van der Waals surface area (Å²) < 4.78 is 6.70. The molecule has 3 nitrogen and oxygen atoms in total. The van der Waals surface area contributed by atoms with Crippen molar-refractivity contribution in [3.63, 3.8) is 0 Å². The lowest BCUT2D eigenvalue weighted by molar-refractivity contribution is 0.122. The van der Waals surface area contributed by atoms with Crippen molar-refractivity contribution in [3.8, 4) is 0 Å². The van der Waals surface area contributed by atoms with E-state index in [1.807, 2.05) is 24.4 Å². The SMILES string of the molecule is Brc1cccc(COCCNCc2cccnc2)c1. The summed E-state index contributed by atoms with van der Waals surface area (Å²) in [5.41, 5.74) is 2.37. The zero-order chi connectivity index (χ0) is 13.3. The van der Waals surface area contributed by atoms with E-state index in [0.717, 1.165) is 17.6 Å². The standard InChI is InChI=1S/C15H17BrN2O/c16-15-5-1-3-13(9-15)12-19-8-7-18-11-14-4-2-6-17-10-14/h1-6,9-10,18H,7-8,11-12H2. The summed E-state index contributed by atoms with van der Waals surface area (Å²) in [5, 5.41) is 3.33. The molecule has 1 heterocycles. The largest absolute Gasteiger partial charge is 0.375 e. The van der Waals surface area contributed by atoms with Gasteiger partial charge in [0.25, 0.3) is 0 Å². The van der Waals surface area contributed by atoms with E-state index in [1.54, 1.807) is 6.20 Å². The molecule has 0 aliphatic heterocycles. The van der Waals surface area contributed by atoms with Crippen LogP contribution in [0, 0.1) is 0 Å². The van der Waals surface area contributed by atoms with Crippen LogP contribution < -0.4 is 5.32 Å². The molecular weight excluding hydrogens is 304 g/mol. The van der Waals surface area contributed by atoms with Crippen molar-refractivity contribution in [2.24, 2.45) is 0 Å². The molecule has 100 valence electrons. The van der Waals surface area contributed by atoms with Crippen LogP contribution in [0.5, 0.6) is 0 Å². The van der Waals surface area contributed by atoms with Gasteiger partial charge in [-0.3, -0.25) is 4.98 Å². The molecule has 0 radical (unpaired) electrons. The molecule has 4 heteroatoms. The molecule has 0 fully saturated rings. The van der Waals surface area contributed by atoms with E-state index in [0.29, 0.717) is 13.2 Å². The van der Waals surface area contributed by atoms with Gasteiger partial charge in [-0.2, -0.15) is 0 Å². The first-order valence-electron chi connectivity index (χ1n) is 6.26. The Morgan fingerprint density at radius 1 is 1.16 bits per heavy atom. The van der Waals surface area contributed by atoms with E-state index >= 15 is 0 Å². The molecule has 1 aromatic heterocycles. The first-order valence-corrected chi connectivity index (χ1v) is 7.06. The van der Waals surface area contributed by atoms with Crippen LogP contribution in [-0.2, 0) is 17.9 Å². The predicted molar refractivity (Wildman–Crippen MR) is 79.7 cm³/mol. The molecule has 19 heavy (non-hydrogen) atoms. The van der Waals surface area contributed by atoms with Crippen LogP contribution in [-0.4, -0.2) is 18.1 Å². The summed E-state index contributed by atoms with van der Waals surface area (Å²) >= 11 is 3.45. The molecule has 0 saturated heterocycles. The minimum absolute atomic E-state index is 0.647. The average molecular weight is 321 g/mol. The average Bonchev–Trinajstić information content (AvgIpc) is 2.44. The first-order chi connectivity index (χ1) is 9.34. The van der Waals surface area contributed by atoms with Gasteiger partial charge in [-0.1, -0.05) is 34.1 Å². The highest BCUT2D eigenvalue weighted by molar-refractivity contribution is 9.10. The topological polar surface area (TPSA) is 34.1 Å². The lowest BCUT2D eigenvalue weighted by Crippen LogP contribution is -2.19. The Bertz CT molecular complexity index is 491. The molecule has 0 aliphatic rings. The molecule has 0 saturated carbocycles. The van der Waals surface area contributed by atoms with Gasteiger partial charge < -0.3 is 10.1 Å². The molecule has 1 N–H and O–H groups in total. The maximum Gasteiger partial charge on any atom is 0.0717 e. The van der Waals surface area contributed by atoms with Crippen molar-refractivity contribution in [2.75, 3.05) is 13.2 Å². The Kier molecular flexibility index (Phi) is 6.01. The van der Waals surface area contributed by atoms with Gasteiger partial charge in [0.2, 0.25) is 0 Å². The number of hydrogen-bond acceptors (Lipinski definition) is 3. The summed E-state index contributed by atoms with van der Waals surface area (Å²) in [7, 11) is 0. The van der Waals surface area contributed by atoms with Crippen LogP contribution in [0.3, 0.4) is 0 Å². The third-order valence-corrected chi connectivity index (χ3v) is 3.13. The Morgan fingerprint density at radius 3 is 2.84 bits per heavy atom. The monoisotopic (exact) mass is 320 g/mol. The van der Waals surface area contributed by atoms with E-state index in [-0.39, 0.29) is 0 Å². The quantitative estimate of drug-likeness (QED) is 0.796. The highest BCUT2D eigenvalue weighted by Gasteiger charge is 1.95. The van der Waals surface area contributed by atoms with Crippen molar-refractivity contribution >= 4 is 15.9 Å². The minimum Gasteiger partial charge on any atom is -0.375 e. The molecule has 0 spiro atoms. The molecule has 0 bridgehead atoms. The van der Waals surface area contributed by atoms with Crippen molar-refractivity contribution in [2.45, 2.75) is 13.2 Å². The maximum absolute atomic E-state index is 5.61. The van der Waals surface area contributed by atoms with E-state index in [2.05, 4.69) is 44.4 Å². The van der Waals surface area contributed by atoms with Gasteiger partial charge in [-0.25, -0.2) is 0 Å². The fraction of sp³-hybridized carbons (Fsp3) is 0.267. The number of nitrogens with zero attached hydrogens (tertiary/aromatic N) is 1. The summed E-state index contributed by atoms with van der Waals surface area (Å²) in [4.78, 5) is 4.07. The summed E-state index contributed by atoms with van der Waals surface area (Å²) in [6.45, 7) is 3.01. The molecule has 0 atom stereocenters. The predicted octanol–water partition coefficient (Wildman–Crippen LogP) is 3.15. The summed E-state index contributed by atoms with van der Waals surface area (Å²) in [5.74, 6) is 0. The zero-order valence-electron chi connectivity index (χ0n) is 10.7. The van der Waals surface area contributed by atoms with Crippen LogP contribution in [0.4, 0.5) is 0 Å². The molecule has 0 aliphatic carbocycles. The molecule has 2 aromatic rings. The summed E-state index contributed by atoms with van der Waals surface area (Å²) in [6.07, 6.45) is 3.65. The molecule has 0 amide bonds. The van der Waals surface area contributed by atoms with Gasteiger partial charge in [-0.05, 0) is 29.3 Å². The fourth-order valence-electron chi connectivity index (χ4n) is 1.70. The zero-order valence-corrected chi connectivity index (χ0v) is 12.3. The van der Waals surface area contributed by atoms with Gasteiger partial charge in [0.1, 0.15) is 0 Å². The van der Waals surface area contributed by atoms with E-state index < -0.39 is 0 Å². The number of hydrogen-bond donors (Lipinski definition) is 1. The second-order valence-electron chi connectivity index (χ2n) is 4.22. The van der Waals surface area contributed by atoms with Gasteiger partial charge in [0, 0.05) is 30.0 Å². The van der Waals surface area contributed by atoms with Crippen molar-refractivity contribution in [3.05, 3.63) is 64.4 Å². The smallest absolute Gasteiger partial charge is 0.0717 e. The normalized spacial score (nSPS) is 10.6. The second kappa shape index (κ2) is 8.04. The molecule has 1 aromatic carbocycles. The van der Waals surface area contributed by atoms with Crippen LogP contribution in [0.25, 0.3) is 0 Å². The van der Waals surface area contributed by atoms with Gasteiger partial charge >= 0.3 is 0 Å². The highest BCUT2D eigenvalue weighted by atomic mass is 79.9. The Hall–Kier alpha value is -1.23. The van der Waals surface area contributed by atoms with Crippen LogP contribution in [0.1, 0.15) is 11.1 Å². The van der Waals surface area contributed by atoms with Crippen LogP contribution >= 0.6 is 15.9 Å². The lowest BCUT2D eigenvalue weighted by Gasteiger charge is -2.06. The second-order valence-corrected chi connectivity index (χ2v) is 5.14. The summed E-state index contributed by atoms with van der Waals surface area (Å²) in [6, 6.07) is 12.2. The molecular formula is C15H17BrN2O. The van der Waals surface area contributed by atoms with Crippen molar-refractivity contribution in [1.82, 2.24) is 10.3 Å². The number of nitrogens with one attached hydrogen (secondary N) is 1. The van der Waals surface area contributed by atoms with Gasteiger partial charge in [0.15, 0.2) is 0 Å². The number of benzene rings is 1. The van der Waals surface area contributed by atoms with E-state index in [9.17, 15) is 0 Å².